The maximum Gasteiger partial charge on any atom is 0.272 e. The van der Waals surface area contributed by atoms with Gasteiger partial charge in [-0.15, -0.1) is 0 Å². The third-order valence-corrected chi connectivity index (χ3v) is 6.63. The van der Waals surface area contributed by atoms with Crippen molar-refractivity contribution in [1.82, 2.24) is 19.8 Å². The van der Waals surface area contributed by atoms with Crippen molar-refractivity contribution >= 4 is 22.6 Å². The smallest absolute Gasteiger partial charge is 0.272 e. The highest BCUT2D eigenvalue weighted by Gasteiger charge is 2.18. The lowest BCUT2D eigenvalue weighted by Gasteiger charge is -2.37. The zero-order valence-corrected chi connectivity index (χ0v) is 20.5. The molecule has 3 aromatic rings. The van der Waals surface area contributed by atoms with Crippen LogP contribution in [0.25, 0.3) is 11.0 Å². The van der Waals surface area contributed by atoms with Crippen molar-refractivity contribution in [3.05, 3.63) is 69.6 Å². The lowest BCUT2D eigenvalue weighted by atomic mass is 10.1. The van der Waals surface area contributed by atoms with Crippen molar-refractivity contribution in [2.45, 2.75) is 40.2 Å². The molecule has 0 aliphatic carbocycles. The Morgan fingerprint density at radius 1 is 1.00 bits per heavy atom. The highest BCUT2D eigenvalue weighted by Crippen LogP contribution is 2.22. The third kappa shape index (κ3) is 5.65. The number of fused-ring (bicyclic) bond motifs is 1. The molecule has 1 fully saturated rings. The average Bonchev–Trinajstić information content (AvgIpc) is 2.84. The Morgan fingerprint density at radius 2 is 1.76 bits per heavy atom. The maximum absolute atomic E-state index is 12.5. The monoisotopic (exact) mass is 461 g/mol. The topological polar surface area (TPSA) is 70.5 Å². The van der Waals surface area contributed by atoms with E-state index >= 15 is 0 Å². The number of piperazine rings is 1. The van der Waals surface area contributed by atoms with Crippen LogP contribution in [0.4, 0.5) is 5.69 Å². The predicted molar refractivity (Wildman–Crippen MR) is 138 cm³/mol. The summed E-state index contributed by atoms with van der Waals surface area (Å²) in [6.45, 7) is 12.2. The van der Waals surface area contributed by atoms with Crippen molar-refractivity contribution in [3.8, 4) is 0 Å². The summed E-state index contributed by atoms with van der Waals surface area (Å²) in [5.74, 6) is -0.0230. The minimum Gasteiger partial charge on any atom is -0.369 e. The molecule has 1 aliphatic rings. The number of nitrogens with zero attached hydrogens (tertiary/aromatic N) is 4. The van der Waals surface area contributed by atoms with Crippen molar-refractivity contribution in [3.63, 3.8) is 0 Å². The first-order valence-electron chi connectivity index (χ1n) is 12.2. The molecule has 2 heterocycles. The molecule has 0 atom stereocenters. The van der Waals surface area contributed by atoms with Gasteiger partial charge in [0.05, 0.1) is 11.0 Å². The van der Waals surface area contributed by atoms with Gasteiger partial charge in [-0.2, -0.15) is 0 Å². The Balaban J connectivity index is 1.19. The first-order chi connectivity index (χ1) is 16.4. The largest absolute Gasteiger partial charge is 0.369 e. The first kappa shape index (κ1) is 24.0. The number of nitrogens with one attached hydrogen (secondary N) is 1. The third-order valence-electron chi connectivity index (χ3n) is 6.63. The quantitative estimate of drug-likeness (QED) is 0.522. The molecule has 1 amide bonds. The molecule has 34 heavy (non-hydrogen) atoms. The second-order valence-corrected chi connectivity index (χ2v) is 9.21. The average molecular weight is 462 g/mol. The number of carbonyl (C=O) groups excluding carboxylic acids is 1. The van der Waals surface area contributed by atoms with E-state index in [9.17, 15) is 9.59 Å². The molecule has 7 nitrogen and oxygen atoms in total. The summed E-state index contributed by atoms with van der Waals surface area (Å²) in [5, 5.41) is 3.02. The molecular weight excluding hydrogens is 426 g/mol. The number of aryl methyl sites for hydroxylation is 4. The summed E-state index contributed by atoms with van der Waals surface area (Å²) >= 11 is 0. The Hall–Kier alpha value is -3.19. The molecule has 7 heteroatoms. The van der Waals surface area contributed by atoms with Crippen LogP contribution in [0.2, 0.25) is 0 Å². The molecule has 180 valence electrons. The van der Waals surface area contributed by atoms with E-state index < -0.39 is 0 Å². The van der Waals surface area contributed by atoms with Crippen LogP contribution in [0.3, 0.4) is 0 Å². The second-order valence-electron chi connectivity index (χ2n) is 9.21. The SMILES string of the molecule is Cc1ccc(C)c(N2CCN(CCCNC(=O)CCn3c(=O)c(C)nc4ccccc43)CC2)c1. The van der Waals surface area contributed by atoms with E-state index in [0.717, 1.165) is 50.2 Å². The number of amides is 1. The van der Waals surface area contributed by atoms with Crippen LogP contribution in [-0.2, 0) is 11.3 Å². The molecule has 0 bridgehead atoms. The molecule has 1 aliphatic heterocycles. The predicted octanol–water partition coefficient (Wildman–Crippen LogP) is 3.04. The minimum absolute atomic E-state index is 0.0230. The Morgan fingerprint density at radius 3 is 2.56 bits per heavy atom. The molecule has 1 N–H and O–H groups in total. The molecule has 1 saturated heterocycles. The number of carbonyl (C=O) groups is 1. The number of rotatable bonds is 8. The maximum atomic E-state index is 12.5. The highest BCUT2D eigenvalue weighted by atomic mass is 16.2. The lowest BCUT2D eigenvalue weighted by molar-refractivity contribution is -0.121. The molecule has 1 aromatic heterocycles. The van der Waals surface area contributed by atoms with Crippen LogP contribution in [0.15, 0.2) is 47.3 Å². The van der Waals surface area contributed by atoms with Crippen molar-refractivity contribution < 1.29 is 4.79 Å². The van der Waals surface area contributed by atoms with Crippen molar-refractivity contribution in [1.29, 1.82) is 0 Å². The second kappa shape index (κ2) is 10.8. The normalized spacial score (nSPS) is 14.5. The minimum atomic E-state index is -0.133. The van der Waals surface area contributed by atoms with Gasteiger partial charge in [-0.05, 0) is 63.1 Å². The fraction of sp³-hybridized carbons (Fsp3) is 0.444. The highest BCUT2D eigenvalue weighted by molar-refractivity contribution is 5.77. The molecule has 0 saturated carbocycles. The summed E-state index contributed by atoms with van der Waals surface area (Å²) in [7, 11) is 0. The number of benzene rings is 2. The van der Waals surface area contributed by atoms with Crippen LogP contribution < -0.4 is 15.8 Å². The van der Waals surface area contributed by atoms with Gasteiger partial charge in [-0.25, -0.2) is 4.98 Å². The van der Waals surface area contributed by atoms with Crippen LogP contribution in [0, 0.1) is 20.8 Å². The molecule has 2 aromatic carbocycles. The summed E-state index contributed by atoms with van der Waals surface area (Å²) in [4.78, 5) is 34.2. The zero-order chi connectivity index (χ0) is 24.1. The van der Waals surface area contributed by atoms with Crippen LogP contribution in [0.1, 0.15) is 29.7 Å². The van der Waals surface area contributed by atoms with Crippen molar-refractivity contribution in [2.24, 2.45) is 0 Å². The lowest BCUT2D eigenvalue weighted by Crippen LogP contribution is -2.47. The van der Waals surface area contributed by atoms with Gasteiger partial charge in [-0.1, -0.05) is 24.3 Å². The Kier molecular flexibility index (Phi) is 7.63. The van der Waals surface area contributed by atoms with Gasteiger partial charge in [0.25, 0.3) is 5.56 Å². The van der Waals surface area contributed by atoms with Gasteiger partial charge in [0.2, 0.25) is 5.91 Å². The van der Waals surface area contributed by atoms with Gasteiger partial charge < -0.3 is 14.8 Å². The molecule has 0 radical (unpaired) electrons. The molecular formula is C27H35N5O2. The zero-order valence-electron chi connectivity index (χ0n) is 20.5. The number of hydrogen-bond donors (Lipinski definition) is 1. The van der Waals surface area contributed by atoms with E-state index in [1.807, 2.05) is 24.3 Å². The Bertz CT molecular complexity index is 1210. The van der Waals surface area contributed by atoms with E-state index in [-0.39, 0.29) is 17.9 Å². The Labute approximate surface area is 201 Å². The van der Waals surface area contributed by atoms with Gasteiger partial charge >= 0.3 is 0 Å². The summed E-state index contributed by atoms with van der Waals surface area (Å²) in [5.41, 5.74) is 5.85. The van der Waals surface area contributed by atoms with E-state index in [1.54, 1.807) is 11.5 Å². The summed E-state index contributed by atoms with van der Waals surface area (Å²) < 4.78 is 1.66. The number of anilines is 1. The van der Waals surface area contributed by atoms with Crippen LogP contribution in [0.5, 0.6) is 0 Å². The van der Waals surface area contributed by atoms with Gasteiger partial charge in [0, 0.05) is 51.4 Å². The number of para-hydroxylation sites is 2. The number of hydrogen-bond acceptors (Lipinski definition) is 5. The van der Waals surface area contributed by atoms with E-state index in [4.69, 9.17) is 0 Å². The summed E-state index contributed by atoms with van der Waals surface area (Å²) in [6, 6.07) is 14.2. The molecule has 0 spiro atoms. The van der Waals surface area contributed by atoms with Crippen molar-refractivity contribution in [2.75, 3.05) is 44.2 Å². The molecule has 4 rings (SSSR count). The van der Waals surface area contributed by atoms with E-state index in [1.165, 1.54) is 16.8 Å². The van der Waals surface area contributed by atoms with Gasteiger partial charge in [-0.3, -0.25) is 14.5 Å². The fourth-order valence-corrected chi connectivity index (χ4v) is 4.65. The van der Waals surface area contributed by atoms with Gasteiger partial charge in [0.1, 0.15) is 5.69 Å². The van der Waals surface area contributed by atoms with Crippen LogP contribution >= 0.6 is 0 Å². The summed E-state index contributed by atoms with van der Waals surface area (Å²) in [6.07, 6.45) is 1.20. The van der Waals surface area contributed by atoms with E-state index in [0.29, 0.717) is 18.8 Å². The van der Waals surface area contributed by atoms with Gasteiger partial charge in [0.15, 0.2) is 0 Å². The standard InChI is InChI=1S/C27H35N5O2/c1-20-9-10-21(2)25(19-20)31-17-15-30(16-18-31)13-6-12-28-26(33)11-14-32-24-8-5-4-7-23(24)29-22(3)27(32)34/h4-5,7-10,19H,6,11-18H2,1-3H3,(H,28,33). The van der Waals surface area contributed by atoms with Crippen LogP contribution in [-0.4, -0.2) is 59.6 Å². The fourth-order valence-electron chi connectivity index (χ4n) is 4.65. The number of aromatic nitrogens is 2. The van der Waals surface area contributed by atoms with E-state index in [2.05, 4.69) is 52.1 Å². The molecule has 0 unspecified atom stereocenters. The first-order valence-corrected chi connectivity index (χ1v) is 12.2.